The summed E-state index contributed by atoms with van der Waals surface area (Å²) in [5.74, 6) is -2.79. The zero-order valence-electron chi connectivity index (χ0n) is 25.5. The lowest BCUT2D eigenvalue weighted by atomic mass is 9.73. The quantitative estimate of drug-likeness (QED) is 0.371. The molecule has 0 saturated carbocycles. The lowest BCUT2D eigenvalue weighted by Gasteiger charge is -2.41. The summed E-state index contributed by atoms with van der Waals surface area (Å²) in [6.45, 7) is 2.53. The highest BCUT2D eigenvalue weighted by atomic mass is 35.5. The molecule has 7 rings (SSSR count). The molecular weight excluding hydrogens is 602 g/mol. The molecule has 0 aromatic heterocycles. The van der Waals surface area contributed by atoms with E-state index in [2.05, 4.69) is 0 Å². The molecule has 1 unspecified atom stereocenters. The lowest BCUT2D eigenvalue weighted by molar-refractivity contribution is -0.153. The minimum Gasteiger partial charge on any atom is -0.394 e. The average molecular weight is 638 g/mol. The molecule has 4 heterocycles. The average Bonchev–Trinajstić information content (AvgIpc) is 3.37. The topological polar surface area (TPSA) is 90.4 Å². The van der Waals surface area contributed by atoms with Gasteiger partial charge in [0.25, 0.3) is 5.91 Å². The maximum atomic E-state index is 15.0. The number of fused-ring (bicyclic) bond motifs is 2. The first-order valence-corrected chi connectivity index (χ1v) is 16.1. The number of benzene rings is 3. The van der Waals surface area contributed by atoms with E-state index in [-0.39, 0.29) is 24.3 Å². The minimum atomic E-state index is -1.45. The third-order valence-electron chi connectivity index (χ3n) is 10.0. The van der Waals surface area contributed by atoms with Gasteiger partial charge in [0.2, 0.25) is 11.8 Å². The van der Waals surface area contributed by atoms with E-state index >= 15 is 4.79 Å². The van der Waals surface area contributed by atoms with Gasteiger partial charge in [0.05, 0.1) is 30.1 Å². The van der Waals surface area contributed by atoms with Crippen LogP contribution >= 0.6 is 11.6 Å². The van der Waals surface area contributed by atoms with E-state index in [1.165, 1.54) is 4.90 Å². The Bertz CT molecular complexity index is 1700. The molecule has 2 saturated heterocycles. The first-order valence-electron chi connectivity index (χ1n) is 15.8. The molecule has 1 spiro atoms. The van der Waals surface area contributed by atoms with Crippen molar-refractivity contribution < 1.29 is 24.2 Å². The fraction of sp³-hybridized carbons (Fsp3) is 0.324. The fourth-order valence-corrected chi connectivity index (χ4v) is 8.04. The van der Waals surface area contributed by atoms with Crippen molar-refractivity contribution in [3.8, 4) is 0 Å². The number of carbonyl (C=O) groups is 3. The van der Waals surface area contributed by atoms with Crippen LogP contribution in [0.15, 0.2) is 109 Å². The zero-order valence-corrected chi connectivity index (χ0v) is 26.3. The largest absolute Gasteiger partial charge is 0.394 e. The number of hydrogen-bond acceptors (Lipinski definition) is 5. The Kier molecular flexibility index (Phi) is 7.83. The molecule has 9 heteroatoms. The van der Waals surface area contributed by atoms with Crippen LogP contribution in [-0.2, 0) is 25.7 Å². The van der Waals surface area contributed by atoms with Crippen LogP contribution in [0.3, 0.4) is 0 Å². The van der Waals surface area contributed by atoms with Crippen LogP contribution in [0.25, 0.3) is 0 Å². The van der Waals surface area contributed by atoms with Crippen molar-refractivity contribution in [2.45, 2.75) is 43.2 Å². The van der Waals surface area contributed by atoms with E-state index < -0.39 is 41.7 Å². The summed E-state index contributed by atoms with van der Waals surface area (Å²) < 4.78 is 7.12. The zero-order chi connectivity index (χ0) is 32.1. The number of nitrogens with zero attached hydrogens (tertiary/aromatic N) is 3. The Morgan fingerprint density at radius 1 is 0.848 bits per heavy atom. The number of likely N-dealkylation sites (tertiary alicyclic amines) is 1. The molecule has 6 atom stereocenters. The highest BCUT2D eigenvalue weighted by Gasteiger charge is 2.76. The van der Waals surface area contributed by atoms with Gasteiger partial charge >= 0.3 is 0 Å². The third-order valence-corrected chi connectivity index (χ3v) is 10.3. The molecule has 4 aliphatic rings. The standard InChI is InChI=1S/C37H36ClN3O5/c1-2-36-19-9-21-39(23-25-11-5-3-6-12-25)33(43)30(36)31-34(44)41(29(24-42)26-13-7-4-8-14-26)32-35(45)40(22-10-20-37(31,32)46-36)28-17-15-27(38)16-18-28/h3-20,29-32,42H,2,21-24H2,1H3/t29-,30-,31+,32?,36+,37+/m1/s1. The normalized spacial score (nSPS) is 29.3. The lowest BCUT2D eigenvalue weighted by Crippen LogP contribution is -2.57. The Morgan fingerprint density at radius 2 is 1.52 bits per heavy atom. The maximum Gasteiger partial charge on any atom is 0.253 e. The van der Waals surface area contributed by atoms with Crippen molar-refractivity contribution in [3.63, 3.8) is 0 Å². The summed E-state index contributed by atoms with van der Waals surface area (Å²) >= 11 is 6.18. The first-order chi connectivity index (χ1) is 22.3. The number of hydrogen-bond donors (Lipinski definition) is 1. The van der Waals surface area contributed by atoms with Crippen LogP contribution < -0.4 is 4.90 Å². The van der Waals surface area contributed by atoms with Gasteiger partial charge in [-0.15, -0.1) is 0 Å². The predicted molar refractivity (Wildman–Crippen MR) is 175 cm³/mol. The molecule has 3 amide bonds. The van der Waals surface area contributed by atoms with Gasteiger partial charge in [-0.25, -0.2) is 0 Å². The second kappa shape index (κ2) is 11.8. The molecule has 1 N–H and O–H groups in total. The molecule has 236 valence electrons. The van der Waals surface area contributed by atoms with Gasteiger partial charge < -0.3 is 24.5 Å². The number of halogens is 1. The van der Waals surface area contributed by atoms with Crippen molar-refractivity contribution in [1.82, 2.24) is 9.80 Å². The Labute approximate surface area is 273 Å². The second-order valence-corrected chi connectivity index (χ2v) is 12.8. The summed E-state index contributed by atoms with van der Waals surface area (Å²) in [6.07, 6.45) is 8.01. The summed E-state index contributed by atoms with van der Waals surface area (Å²) in [7, 11) is 0. The summed E-state index contributed by atoms with van der Waals surface area (Å²) in [4.78, 5) is 49.5. The molecule has 0 bridgehead atoms. The van der Waals surface area contributed by atoms with Gasteiger partial charge in [-0.1, -0.05) is 103 Å². The predicted octanol–water partition coefficient (Wildman–Crippen LogP) is 4.94. The molecule has 2 fully saturated rings. The number of amides is 3. The van der Waals surface area contributed by atoms with Gasteiger partial charge in [0.15, 0.2) is 0 Å². The fourth-order valence-electron chi connectivity index (χ4n) is 7.91. The number of ether oxygens (including phenoxy) is 1. The SMILES string of the molecule is CC[C@]12C=CCN(Cc3ccccc3)C(=O)[C@H]1[C@H]1C(=O)N([C@H](CO)c3ccccc3)C3C(=O)N(c4ccc(Cl)cc4)CC=C[C@@]31O2. The Hall–Kier alpha value is -4.24. The minimum absolute atomic E-state index is 0.188. The van der Waals surface area contributed by atoms with Crippen LogP contribution in [0.4, 0.5) is 5.69 Å². The van der Waals surface area contributed by atoms with E-state index in [0.29, 0.717) is 35.8 Å². The Balaban J connectivity index is 1.38. The van der Waals surface area contributed by atoms with Gasteiger partial charge in [-0.2, -0.15) is 0 Å². The van der Waals surface area contributed by atoms with Crippen LogP contribution in [0, 0.1) is 11.8 Å². The van der Waals surface area contributed by atoms with Crippen molar-refractivity contribution in [3.05, 3.63) is 125 Å². The van der Waals surface area contributed by atoms with Crippen LogP contribution in [-0.4, -0.2) is 69.6 Å². The molecule has 46 heavy (non-hydrogen) atoms. The highest BCUT2D eigenvalue weighted by Crippen LogP contribution is 2.60. The molecular formula is C37H36ClN3O5. The number of carbonyl (C=O) groups excluding carboxylic acids is 3. The Morgan fingerprint density at radius 3 is 2.20 bits per heavy atom. The van der Waals surface area contributed by atoms with Gasteiger partial charge in [-0.05, 0) is 41.8 Å². The number of aliphatic hydroxyl groups excluding tert-OH is 1. The molecule has 3 aromatic carbocycles. The molecule has 8 nitrogen and oxygen atoms in total. The smallest absolute Gasteiger partial charge is 0.253 e. The summed E-state index contributed by atoms with van der Waals surface area (Å²) in [5, 5.41) is 11.4. The summed E-state index contributed by atoms with van der Waals surface area (Å²) in [5.41, 5.74) is -0.267. The first kappa shape index (κ1) is 30.4. The van der Waals surface area contributed by atoms with Crippen LogP contribution in [0.1, 0.15) is 30.5 Å². The highest BCUT2D eigenvalue weighted by molar-refractivity contribution is 6.30. The molecule has 0 aliphatic carbocycles. The van der Waals surface area contributed by atoms with Crippen molar-refractivity contribution in [2.24, 2.45) is 11.8 Å². The van der Waals surface area contributed by atoms with E-state index in [0.717, 1.165) is 5.56 Å². The number of anilines is 1. The number of rotatable bonds is 7. The van der Waals surface area contributed by atoms with E-state index in [9.17, 15) is 14.7 Å². The van der Waals surface area contributed by atoms with E-state index in [1.54, 1.807) is 34.1 Å². The third kappa shape index (κ3) is 4.70. The second-order valence-electron chi connectivity index (χ2n) is 12.4. The van der Waals surface area contributed by atoms with E-state index in [4.69, 9.17) is 16.3 Å². The summed E-state index contributed by atoms with van der Waals surface area (Å²) in [6, 6.07) is 24.0. The number of aliphatic hydroxyl groups is 1. The van der Waals surface area contributed by atoms with Crippen LogP contribution in [0.2, 0.25) is 5.02 Å². The van der Waals surface area contributed by atoms with Crippen LogP contribution in [0.5, 0.6) is 0 Å². The van der Waals surface area contributed by atoms with Crippen molar-refractivity contribution in [1.29, 1.82) is 0 Å². The van der Waals surface area contributed by atoms with Crippen molar-refractivity contribution >= 4 is 35.0 Å². The molecule has 3 aromatic rings. The monoisotopic (exact) mass is 637 g/mol. The van der Waals surface area contributed by atoms with Gasteiger partial charge in [0, 0.05) is 30.3 Å². The maximum absolute atomic E-state index is 15.0. The van der Waals surface area contributed by atoms with Gasteiger partial charge in [-0.3, -0.25) is 14.4 Å². The molecule has 4 aliphatic heterocycles. The van der Waals surface area contributed by atoms with E-state index in [1.807, 2.05) is 91.9 Å². The molecule has 0 radical (unpaired) electrons. The van der Waals surface area contributed by atoms with Crippen molar-refractivity contribution in [2.75, 3.05) is 24.6 Å². The van der Waals surface area contributed by atoms with Gasteiger partial charge in [0.1, 0.15) is 11.6 Å².